The molecule has 0 atom stereocenters. The van der Waals surface area contributed by atoms with Crippen molar-refractivity contribution in [1.29, 1.82) is 0 Å². The lowest BCUT2D eigenvalue weighted by atomic mass is 10.00. The molecular weight excluding hydrogens is 420 g/mol. The number of carbonyl (C=O) groups is 2. The summed E-state index contributed by atoms with van der Waals surface area (Å²) < 4.78 is 32.2. The summed E-state index contributed by atoms with van der Waals surface area (Å²) in [6.45, 7) is 11.0. The molecule has 0 heterocycles. The highest BCUT2D eigenvalue weighted by Crippen LogP contribution is 2.41. The Kier molecular flexibility index (Phi) is 9.13. The van der Waals surface area contributed by atoms with Crippen molar-refractivity contribution >= 4 is 26.3 Å². The molecule has 1 aromatic carbocycles. The lowest BCUT2D eigenvalue weighted by Crippen LogP contribution is -2.40. The van der Waals surface area contributed by atoms with Gasteiger partial charge in [0.2, 0.25) is 5.76 Å². The molecule has 0 N–H and O–H groups in total. The molecule has 8 nitrogen and oxygen atoms in total. The Morgan fingerprint density at radius 2 is 1.52 bits per heavy atom. The van der Waals surface area contributed by atoms with Crippen molar-refractivity contribution in [1.82, 2.24) is 0 Å². The molecule has 0 aliphatic heterocycles. The van der Waals surface area contributed by atoms with Crippen LogP contribution in [-0.4, -0.2) is 55.8 Å². The predicted octanol–water partition coefficient (Wildman–Crippen LogP) is 4.17. The zero-order valence-corrected chi connectivity index (χ0v) is 21.1. The SMILES string of the molecule is COC(=O)/C(=C\c1cc(CO[Si](C)(C)C(C)(C)C)c(OC)c(OC)c1C(=O)OC)OC. The number of ether oxygens (including phenoxy) is 5. The smallest absolute Gasteiger partial charge is 0.373 e. The first kappa shape index (κ1) is 26.5. The summed E-state index contributed by atoms with van der Waals surface area (Å²) in [4.78, 5) is 24.6. The lowest BCUT2D eigenvalue weighted by molar-refractivity contribution is -0.139. The van der Waals surface area contributed by atoms with Gasteiger partial charge in [0.25, 0.3) is 0 Å². The third-order valence-corrected chi connectivity index (χ3v) is 9.91. The van der Waals surface area contributed by atoms with Gasteiger partial charge in [-0.3, -0.25) is 0 Å². The quantitative estimate of drug-likeness (QED) is 0.238. The van der Waals surface area contributed by atoms with E-state index < -0.39 is 20.3 Å². The molecule has 9 heteroatoms. The predicted molar refractivity (Wildman–Crippen MR) is 120 cm³/mol. The van der Waals surface area contributed by atoms with Crippen LogP contribution in [0.5, 0.6) is 11.5 Å². The second kappa shape index (κ2) is 10.7. The number of esters is 2. The van der Waals surface area contributed by atoms with E-state index in [1.54, 1.807) is 6.07 Å². The van der Waals surface area contributed by atoms with Crippen molar-refractivity contribution in [2.24, 2.45) is 0 Å². The molecule has 0 spiro atoms. The van der Waals surface area contributed by atoms with Crippen LogP contribution in [0, 0.1) is 0 Å². The Balaban J connectivity index is 3.75. The highest BCUT2D eigenvalue weighted by atomic mass is 28.4. The standard InChI is InChI=1S/C22H34O8Si/c1-22(2,3)31(9,10)30-13-15-11-14(12-16(25-4)20(23)28-7)17(21(24)29-8)19(27-6)18(15)26-5/h11-12H,13H2,1-10H3/b16-12+. The molecule has 0 bridgehead atoms. The molecule has 0 radical (unpaired) electrons. The van der Waals surface area contributed by atoms with E-state index in [9.17, 15) is 9.59 Å². The molecule has 0 aliphatic carbocycles. The van der Waals surface area contributed by atoms with Gasteiger partial charge < -0.3 is 28.1 Å². The number of hydrogen-bond donors (Lipinski definition) is 0. The maximum absolute atomic E-state index is 12.6. The maximum Gasteiger partial charge on any atom is 0.373 e. The number of benzene rings is 1. The largest absolute Gasteiger partial charge is 0.492 e. The van der Waals surface area contributed by atoms with Crippen LogP contribution < -0.4 is 9.47 Å². The van der Waals surface area contributed by atoms with E-state index in [2.05, 4.69) is 33.9 Å². The first-order valence-electron chi connectivity index (χ1n) is 9.72. The highest BCUT2D eigenvalue weighted by Gasteiger charge is 2.37. The normalized spacial score (nSPS) is 12.3. The molecule has 0 unspecified atom stereocenters. The van der Waals surface area contributed by atoms with Gasteiger partial charge in [-0.05, 0) is 35.8 Å². The minimum Gasteiger partial charge on any atom is -0.492 e. The van der Waals surface area contributed by atoms with Gasteiger partial charge >= 0.3 is 11.9 Å². The first-order chi connectivity index (χ1) is 14.4. The maximum atomic E-state index is 12.6. The van der Waals surface area contributed by atoms with Crippen molar-refractivity contribution in [3.05, 3.63) is 28.5 Å². The highest BCUT2D eigenvalue weighted by molar-refractivity contribution is 6.74. The van der Waals surface area contributed by atoms with Crippen molar-refractivity contribution in [3.8, 4) is 11.5 Å². The summed E-state index contributed by atoms with van der Waals surface area (Å²) in [7, 11) is 4.67. The monoisotopic (exact) mass is 454 g/mol. The molecule has 31 heavy (non-hydrogen) atoms. The fraction of sp³-hybridized carbons (Fsp3) is 0.545. The second-order valence-corrected chi connectivity index (χ2v) is 13.1. The van der Waals surface area contributed by atoms with E-state index in [4.69, 9.17) is 28.1 Å². The Morgan fingerprint density at radius 1 is 0.935 bits per heavy atom. The van der Waals surface area contributed by atoms with Crippen LogP contribution >= 0.6 is 0 Å². The molecule has 1 aromatic rings. The van der Waals surface area contributed by atoms with Crippen LogP contribution in [0.25, 0.3) is 6.08 Å². The topological polar surface area (TPSA) is 89.5 Å². The van der Waals surface area contributed by atoms with E-state index in [0.717, 1.165) is 0 Å². The third-order valence-electron chi connectivity index (χ3n) is 5.43. The molecule has 0 aromatic heterocycles. The fourth-order valence-corrected chi connectivity index (χ4v) is 3.54. The molecule has 1 rings (SSSR count). The van der Waals surface area contributed by atoms with E-state index in [-0.39, 0.29) is 28.7 Å². The van der Waals surface area contributed by atoms with Gasteiger partial charge in [-0.2, -0.15) is 0 Å². The third kappa shape index (κ3) is 6.01. The summed E-state index contributed by atoms with van der Waals surface area (Å²) in [6, 6.07) is 1.70. The van der Waals surface area contributed by atoms with Gasteiger partial charge in [-0.1, -0.05) is 20.8 Å². The van der Waals surface area contributed by atoms with E-state index in [1.165, 1.54) is 41.6 Å². The molecule has 0 fully saturated rings. The summed E-state index contributed by atoms with van der Waals surface area (Å²) in [5.74, 6) is -0.894. The van der Waals surface area contributed by atoms with Gasteiger partial charge in [0.1, 0.15) is 5.56 Å². The van der Waals surface area contributed by atoms with Crippen LogP contribution in [0.1, 0.15) is 42.3 Å². The van der Waals surface area contributed by atoms with E-state index >= 15 is 0 Å². The average molecular weight is 455 g/mol. The van der Waals surface area contributed by atoms with Gasteiger partial charge in [0, 0.05) is 5.56 Å². The molecule has 0 saturated carbocycles. The van der Waals surface area contributed by atoms with Crippen LogP contribution in [0.3, 0.4) is 0 Å². The Morgan fingerprint density at radius 3 is 1.94 bits per heavy atom. The summed E-state index contributed by atoms with van der Waals surface area (Å²) in [5.41, 5.74) is 1.10. The molecule has 0 aliphatic rings. The molecule has 0 saturated heterocycles. The zero-order chi connectivity index (χ0) is 24.0. The van der Waals surface area contributed by atoms with Crippen LogP contribution in [0.15, 0.2) is 11.8 Å². The van der Waals surface area contributed by atoms with Crippen molar-refractivity contribution in [2.45, 2.75) is 45.5 Å². The summed E-state index contributed by atoms with van der Waals surface area (Å²) in [6.07, 6.45) is 1.40. The van der Waals surface area contributed by atoms with Gasteiger partial charge in [0.05, 0.1) is 42.2 Å². The number of carbonyl (C=O) groups excluding carboxylic acids is 2. The van der Waals surface area contributed by atoms with E-state index in [0.29, 0.717) is 16.9 Å². The lowest BCUT2D eigenvalue weighted by Gasteiger charge is -2.36. The summed E-state index contributed by atoms with van der Waals surface area (Å²) in [5, 5.41) is 0.00706. The van der Waals surface area contributed by atoms with Crippen LogP contribution in [0.4, 0.5) is 0 Å². The van der Waals surface area contributed by atoms with E-state index in [1.807, 2.05) is 0 Å². The van der Waals surface area contributed by atoms with Crippen molar-refractivity contribution in [2.75, 3.05) is 35.5 Å². The van der Waals surface area contributed by atoms with Crippen LogP contribution in [-0.2, 0) is 30.0 Å². The van der Waals surface area contributed by atoms with Gasteiger partial charge in [-0.25, -0.2) is 9.59 Å². The average Bonchev–Trinajstić information content (AvgIpc) is 2.73. The minimum atomic E-state index is -2.08. The number of methoxy groups -OCH3 is 5. The summed E-state index contributed by atoms with van der Waals surface area (Å²) >= 11 is 0. The molecule has 174 valence electrons. The minimum absolute atomic E-state index is 0.00706. The Labute approximate surface area is 185 Å². The van der Waals surface area contributed by atoms with Crippen molar-refractivity contribution < 1.29 is 37.7 Å². The fourth-order valence-electron chi connectivity index (χ4n) is 2.59. The Bertz CT molecular complexity index is 837. The number of rotatable bonds is 9. The molecular formula is C22H34O8Si. The number of hydrogen-bond acceptors (Lipinski definition) is 8. The Hall–Kier alpha value is -2.52. The zero-order valence-electron chi connectivity index (χ0n) is 20.1. The second-order valence-electron chi connectivity index (χ2n) is 8.31. The van der Waals surface area contributed by atoms with Gasteiger partial charge in [0.15, 0.2) is 19.8 Å². The molecule has 0 amide bonds. The van der Waals surface area contributed by atoms with Gasteiger partial charge in [-0.15, -0.1) is 0 Å². The van der Waals surface area contributed by atoms with Crippen molar-refractivity contribution in [3.63, 3.8) is 0 Å². The van der Waals surface area contributed by atoms with Crippen LogP contribution in [0.2, 0.25) is 18.1 Å². The first-order valence-corrected chi connectivity index (χ1v) is 12.6.